The number of ether oxygens (including phenoxy) is 2. The zero-order chi connectivity index (χ0) is 33.0. The van der Waals surface area contributed by atoms with Gasteiger partial charge in [-0.2, -0.15) is 5.26 Å². The minimum atomic E-state index is -0.150. The number of anilines is 1. The van der Waals surface area contributed by atoms with Gasteiger partial charge in [-0.25, -0.2) is 4.98 Å². The van der Waals surface area contributed by atoms with Crippen molar-refractivity contribution in [2.24, 2.45) is 0 Å². The van der Waals surface area contributed by atoms with Gasteiger partial charge >= 0.3 is 0 Å². The molecule has 0 saturated carbocycles. The minimum Gasteiger partial charge on any atom is -0.487 e. The predicted molar refractivity (Wildman–Crippen MR) is 190 cm³/mol. The van der Waals surface area contributed by atoms with E-state index in [1.54, 1.807) is 11.9 Å². The Labute approximate surface area is 285 Å². The first-order valence-corrected chi connectivity index (χ1v) is 17.0. The van der Waals surface area contributed by atoms with Crippen LogP contribution in [0.3, 0.4) is 0 Å². The summed E-state index contributed by atoms with van der Waals surface area (Å²) in [7, 11) is 3.78. The molecule has 2 aromatic heterocycles. The van der Waals surface area contributed by atoms with Crippen LogP contribution in [0.15, 0.2) is 96.0 Å². The fourth-order valence-electron chi connectivity index (χ4n) is 6.36. The maximum Gasteiger partial charge on any atom is 0.236 e. The van der Waals surface area contributed by atoms with Crippen molar-refractivity contribution in [3.8, 4) is 34.2 Å². The number of nitrogens with zero attached hydrogens (tertiary/aromatic N) is 6. The average molecular weight is 659 g/mol. The number of likely N-dealkylation sites (N-methyl/N-ethyl adjacent to an activating group) is 1. The molecule has 48 heavy (non-hydrogen) atoms. The Bertz CT molecular complexity index is 1950. The maximum absolute atomic E-state index is 12.5. The summed E-state index contributed by atoms with van der Waals surface area (Å²) >= 11 is 1.64. The third-order valence-electron chi connectivity index (χ3n) is 8.79. The third-order valence-corrected chi connectivity index (χ3v) is 9.83. The number of amides is 1. The summed E-state index contributed by atoms with van der Waals surface area (Å²) < 4.78 is 14.0. The number of morpholine rings is 1. The van der Waals surface area contributed by atoms with Crippen LogP contribution >= 0.6 is 11.9 Å². The number of benzene rings is 3. The predicted octanol–water partition coefficient (Wildman–Crippen LogP) is 6.18. The van der Waals surface area contributed by atoms with Gasteiger partial charge in [0.05, 0.1) is 37.6 Å². The molecule has 5 aromatic rings. The highest BCUT2D eigenvalue weighted by molar-refractivity contribution is 7.98. The second-order valence-electron chi connectivity index (χ2n) is 12.4. The molecule has 3 aromatic carbocycles. The van der Waals surface area contributed by atoms with Gasteiger partial charge in [0, 0.05) is 48.2 Å². The zero-order valence-corrected chi connectivity index (χ0v) is 28.0. The van der Waals surface area contributed by atoms with E-state index < -0.39 is 0 Å². The molecule has 2 aliphatic rings. The fourth-order valence-corrected chi connectivity index (χ4v) is 7.34. The van der Waals surface area contributed by atoms with Crippen LogP contribution in [0.1, 0.15) is 12.0 Å². The summed E-state index contributed by atoms with van der Waals surface area (Å²) in [5.74, 6) is 0.630. The first-order valence-electron chi connectivity index (χ1n) is 16.3. The summed E-state index contributed by atoms with van der Waals surface area (Å²) in [6.45, 7) is 4.82. The molecule has 1 unspecified atom stereocenters. The van der Waals surface area contributed by atoms with Gasteiger partial charge in [-0.1, -0.05) is 36.4 Å². The second kappa shape index (κ2) is 14.1. The lowest BCUT2D eigenvalue weighted by Crippen LogP contribution is -2.37. The van der Waals surface area contributed by atoms with Crippen LogP contribution in [0.25, 0.3) is 33.4 Å². The topological polar surface area (TPSA) is 86.9 Å². The van der Waals surface area contributed by atoms with Crippen molar-refractivity contribution in [2.75, 3.05) is 64.9 Å². The van der Waals surface area contributed by atoms with E-state index in [1.165, 1.54) is 5.69 Å². The molecular formula is C38H38N6O3S. The summed E-state index contributed by atoms with van der Waals surface area (Å²) in [6.07, 6.45) is 2.42. The molecule has 0 N–H and O–H groups in total. The molecular weight excluding hydrogens is 621 g/mol. The van der Waals surface area contributed by atoms with Crippen molar-refractivity contribution >= 4 is 34.6 Å². The lowest BCUT2D eigenvalue weighted by Gasteiger charge is -2.28. The fraction of sp³-hybridized carbons (Fsp3) is 0.289. The smallest absolute Gasteiger partial charge is 0.236 e. The Morgan fingerprint density at radius 2 is 1.77 bits per heavy atom. The van der Waals surface area contributed by atoms with Crippen LogP contribution in [0, 0.1) is 11.3 Å². The van der Waals surface area contributed by atoms with Crippen molar-refractivity contribution in [1.29, 1.82) is 5.26 Å². The van der Waals surface area contributed by atoms with Crippen LogP contribution in [-0.4, -0.2) is 90.8 Å². The Hall–Kier alpha value is -4.82. The van der Waals surface area contributed by atoms with Crippen LogP contribution in [0.4, 0.5) is 5.69 Å². The van der Waals surface area contributed by atoms with Crippen molar-refractivity contribution in [2.45, 2.75) is 17.4 Å². The molecule has 4 heterocycles. The summed E-state index contributed by atoms with van der Waals surface area (Å²) in [5.41, 5.74) is 6.54. The standard InChI is InChI=1S/C38H38N6O3S/c1-41(2)26-37(45)43-17-15-31(25-43)47-36-13-10-28(22-29(36)24-39)33-14-16-40-38-34(33)23-35(44(38)48-32-6-4-3-5-7-32)27-8-11-30(12-9-27)42-18-20-46-21-19-42/h3-14,16,22-23,31H,15,17-21,25-26H2,1-2H3. The Balaban J connectivity index is 1.21. The number of carbonyl (C=O) groups excluding carboxylic acids is 1. The number of rotatable bonds is 9. The molecule has 2 saturated heterocycles. The lowest BCUT2D eigenvalue weighted by atomic mass is 10.0. The first kappa shape index (κ1) is 31.8. The van der Waals surface area contributed by atoms with Gasteiger partial charge in [-0.15, -0.1) is 0 Å². The van der Waals surface area contributed by atoms with Crippen LogP contribution in [0.2, 0.25) is 0 Å². The Kier molecular flexibility index (Phi) is 9.34. The molecule has 0 spiro atoms. The minimum absolute atomic E-state index is 0.0911. The number of likely N-dealkylation sites (tertiary alicyclic amines) is 1. The normalized spacial score (nSPS) is 16.4. The van der Waals surface area contributed by atoms with Gasteiger partial charge in [-0.05, 0) is 91.3 Å². The average Bonchev–Trinajstić information content (AvgIpc) is 3.74. The molecule has 10 heteroatoms. The molecule has 7 rings (SSSR count). The molecule has 0 radical (unpaired) electrons. The van der Waals surface area contributed by atoms with Crippen LogP contribution in [-0.2, 0) is 9.53 Å². The van der Waals surface area contributed by atoms with E-state index in [4.69, 9.17) is 14.5 Å². The molecule has 2 fully saturated rings. The monoisotopic (exact) mass is 658 g/mol. The molecule has 2 aliphatic heterocycles. The van der Waals surface area contributed by atoms with Gasteiger partial charge < -0.3 is 24.2 Å². The number of hydrogen-bond donors (Lipinski definition) is 0. The van der Waals surface area contributed by atoms with E-state index in [2.05, 4.69) is 57.4 Å². The number of pyridine rings is 1. The van der Waals surface area contributed by atoms with Gasteiger partial charge in [-0.3, -0.25) is 8.77 Å². The van der Waals surface area contributed by atoms with Crippen molar-refractivity contribution in [1.82, 2.24) is 18.8 Å². The molecule has 1 atom stereocenters. The number of fused-ring (bicyclic) bond motifs is 1. The lowest BCUT2D eigenvalue weighted by molar-refractivity contribution is -0.131. The SMILES string of the molecule is CN(C)CC(=O)N1CCC(Oc2ccc(-c3ccnc4c3cc(-c3ccc(N5CCOCC5)cc3)n4Sc3ccccc3)cc2C#N)C1. The van der Waals surface area contributed by atoms with E-state index in [0.29, 0.717) is 30.9 Å². The molecule has 9 nitrogen and oxygen atoms in total. The number of carbonyl (C=O) groups is 1. The summed E-state index contributed by atoms with van der Waals surface area (Å²) in [6, 6.07) is 31.4. The number of nitriles is 1. The number of aromatic nitrogens is 2. The summed E-state index contributed by atoms with van der Waals surface area (Å²) in [5, 5.41) is 11.2. The van der Waals surface area contributed by atoms with E-state index in [9.17, 15) is 10.1 Å². The van der Waals surface area contributed by atoms with E-state index in [0.717, 1.165) is 71.0 Å². The Morgan fingerprint density at radius 3 is 2.52 bits per heavy atom. The highest BCUT2D eigenvalue weighted by atomic mass is 32.2. The van der Waals surface area contributed by atoms with Crippen LogP contribution in [0.5, 0.6) is 5.75 Å². The highest BCUT2D eigenvalue weighted by Gasteiger charge is 2.28. The van der Waals surface area contributed by atoms with E-state index in [1.807, 2.05) is 72.6 Å². The Morgan fingerprint density at radius 1 is 1.00 bits per heavy atom. The molecule has 244 valence electrons. The van der Waals surface area contributed by atoms with Crippen LogP contribution < -0.4 is 9.64 Å². The zero-order valence-electron chi connectivity index (χ0n) is 27.2. The molecule has 1 amide bonds. The molecule has 0 bridgehead atoms. The van der Waals surface area contributed by atoms with Crippen molar-refractivity contribution in [3.63, 3.8) is 0 Å². The summed E-state index contributed by atoms with van der Waals surface area (Å²) in [4.78, 5) is 24.6. The molecule has 0 aliphatic carbocycles. The van der Waals surface area contributed by atoms with Gasteiger partial charge in [0.2, 0.25) is 5.91 Å². The largest absolute Gasteiger partial charge is 0.487 e. The second-order valence-corrected chi connectivity index (χ2v) is 13.4. The van der Waals surface area contributed by atoms with Gasteiger partial charge in [0.1, 0.15) is 17.9 Å². The third kappa shape index (κ3) is 6.76. The number of hydrogen-bond acceptors (Lipinski definition) is 8. The highest BCUT2D eigenvalue weighted by Crippen LogP contribution is 2.39. The van der Waals surface area contributed by atoms with Crippen molar-refractivity contribution in [3.05, 3.63) is 96.7 Å². The van der Waals surface area contributed by atoms with E-state index in [-0.39, 0.29) is 12.0 Å². The maximum atomic E-state index is 12.5. The van der Waals surface area contributed by atoms with Gasteiger partial charge in [0.25, 0.3) is 0 Å². The van der Waals surface area contributed by atoms with Gasteiger partial charge in [0.15, 0.2) is 5.65 Å². The quantitative estimate of drug-likeness (QED) is 0.186. The van der Waals surface area contributed by atoms with E-state index >= 15 is 0 Å². The first-order chi connectivity index (χ1) is 23.5. The van der Waals surface area contributed by atoms with Crippen molar-refractivity contribution < 1.29 is 14.3 Å².